The van der Waals surface area contributed by atoms with Crippen molar-refractivity contribution in [1.82, 2.24) is 0 Å². The normalized spacial score (nSPS) is 11.7. The van der Waals surface area contributed by atoms with E-state index in [0.717, 1.165) is 6.07 Å². The van der Waals surface area contributed by atoms with Gasteiger partial charge in [-0.05, 0) is 37.3 Å². The van der Waals surface area contributed by atoms with Crippen LogP contribution in [0.4, 0.5) is 17.1 Å². The largest absolute Gasteiger partial charge is 0.495 e. The molecule has 0 aliphatic heterocycles. The van der Waals surface area contributed by atoms with Crippen LogP contribution < -0.4 is 14.9 Å². The summed E-state index contributed by atoms with van der Waals surface area (Å²) in [7, 11) is -2.71. The molecule has 0 saturated heterocycles. The molecule has 166 valence electrons. The second-order valence-electron chi connectivity index (χ2n) is 6.53. The number of anilines is 2. The number of hydrazone groups is 1. The summed E-state index contributed by atoms with van der Waals surface area (Å²) in [6, 6.07) is 16.9. The fraction of sp³-hybridized carbons (Fsp3) is 0.0952. The Bertz CT molecular complexity index is 1290. The first-order chi connectivity index (χ1) is 15.2. The summed E-state index contributed by atoms with van der Waals surface area (Å²) in [5.41, 5.74) is 3.55. The Labute approximate surface area is 189 Å². The maximum atomic E-state index is 12.8. The highest BCUT2D eigenvalue weighted by atomic mass is 35.5. The van der Waals surface area contributed by atoms with E-state index in [-0.39, 0.29) is 16.3 Å². The number of benzene rings is 3. The summed E-state index contributed by atoms with van der Waals surface area (Å²) in [5.74, 6) is 0.313. The van der Waals surface area contributed by atoms with Crippen molar-refractivity contribution >= 4 is 44.4 Å². The molecule has 0 atom stereocenters. The molecular formula is C21H19ClN4O5S. The van der Waals surface area contributed by atoms with Gasteiger partial charge in [0.15, 0.2) is 0 Å². The molecule has 2 N–H and O–H groups in total. The van der Waals surface area contributed by atoms with E-state index in [1.807, 2.05) is 0 Å². The fourth-order valence-corrected chi connectivity index (χ4v) is 4.18. The average Bonchev–Trinajstić information content (AvgIpc) is 2.77. The minimum absolute atomic E-state index is 0.0256. The van der Waals surface area contributed by atoms with Gasteiger partial charge in [-0.25, -0.2) is 8.42 Å². The number of hydrogen-bond donors (Lipinski definition) is 2. The Kier molecular flexibility index (Phi) is 6.96. The van der Waals surface area contributed by atoms with E-state index in [4.69, 9.17) is 16.3 Å². The van der Waals surface area contributed by atoms with E-state index in [9.17, 15) is 18.5 Å². The third-order valence-electron chi connectivity index (χ3n) is 4.44. The van der Waals surface area contributed by atoms with Crippen molar-refractivity contribution in [2.75, 3.05) is 17.3 Å². The Balaban J connectivity index is 1.91. The monoisotopic (exact) mass is 474 g/mol. The predicted octanol–water partition coefficient (Wildman–Crippen LogP) is 4.89. The standard InChI is InChI=1S/C21H19ClN4O5S/c1-14(16-7-3-4-8-17(16)22)23-24-18-12-11-15(13-20(18)26(27)28)32(29,30)25-19-9-5-6-10-21(19)31-2/h3-13,24-25H,1-2H3/b23-14+. The lowest BCUT2D eigenvalue weighted by Gasteiger charge is -2.12. The van der Waals surface area contributed by atoms with Crippen LogP contribution in [0.25, 0.3) is 0 Å². The number of nitrogens with one attached hydrogen (secondary N) is 2. The molecule has 32 heavy (non-hydrogen) atoms. The summed E-state index contributed by atoms with van der Waals surface area (Å²) in [4.78, 5) is 10.6. The van der Waals surface area contributed by atoms with Gasteiger partial charge in [0.05, 0.1) is 28.3 Å². The van der Waals surface area contributed by atoms with Crippen molar-refractivity contribution in [3.63, 3.8) is 0 Å². The van der Waals surface area contributed by atoms with Crippen molar-refractivity contribution in [2.24, 2.45) is 5.10 Å². The van der Waals surface area contributed by atoms with Crippen LogP contribution in [0, 0.1) is 10.1 Å². The van der Waals surface area contributed by atoms with Gasteiger partial charge in [-0.1, -0.05) is 41.9 Å². The van der Waals surface area contributed by atoms with Gasteiger partial charge in [0, 0.05) is 16.7 Å². The minimum Gasteiger partial charge on any atom is -0.495 e. The number of hydrogen-bond acceptors (Lipinski definition) is 7. The fourth-order valence-electron chi connectivity index (χ4n) is 2.82. The van der Waals surface area contributed by atoms with Crippen molar-refractivity contribution in [3.05, 3.63) is 87.4 Å². The van der Waals surface area contributed by atoms with Crippen LogP contribution in [0.2, 0.25) is 5.02 Å². The van der Waals surface area contributed by atoms with Crippen LogP contribution >= 0.6 is 11.6 Å². The van der Waals surface area contributed by atoms with E-state index in [1.165, 1.54) is 25.3 Å². The van der Waals surface area contributed by atoms with Gasteiger partial charge in [0.2, 0.25) is 0 Å². The molecule has 0 bridgehead atoms. The number of sulfonamides is 1. The molecule has 3 aromatic rings. The van der Waals surface area contributed by atoms with E-state index >= 15 is 0 Å². The van der Waals surface area contributed by atoms with Gasteiger partial charge >= 0.3 is 0 Å². The second kappa shape index (κ2) is 9.67. The first-order valence-corrected chi connectivity index (χ1v) is 11.1. The van der Waals surface area contributed by atoms with Crippen LogP contribution in [0.5, 0.6) is 5.75 Å². The number of para-hydroxylation sites is 2. The van der Waals surface area contributed by atoms with Gasteiger partial charge in [0.25, 0.3) is 15.7 Å². The zero-order valence-electron chi connectivity index (χ0n) is 17.1. The molecule has 0 fully saturated rings. The van der Waals surface area contributed by atoms with E-state index < -0.39 is 20.6 Å². The highest BCUT2D eigenvalue weighted by Crippen LogP contribution is 2.31. The van der Waals surface area contributed by atoms with Crippen molar-refractivity contribution in [1.29, 1.82) is 0 Å². The molecule has 9 nitrogen and oxygen atoms in total. The second-order valence-corrected chi connectivity index (χ2v) is 8.62. The molecule has 0 spiro atoms. The van der Waals surface area contributed by atoms with Crippen molar-refractivity contribution in [2.45, 2.75) is 11.8 Å². The third kappa shape index (κ3) is 5.16. The van der Waals surface area contributed by atoms with Crippen molar-refractivity contribution in [3.8, 4) is 5.75 Å². The topological polar surface area (TPSA) is 123 Å². The first-order valence-electron chi connectivity index (χ1n) is 9.22. The molecule has 3 aromatic carbocycles. The van der Waals surface area contributed by atoms with Gasteiger partial charge < -0.3 is 4.74 Å². The molecule has 0 heterocycles. The number of ether oxygens (including phenoxy) is 1. The molecule has 0 radical (unpaired) electrons. The summed E-state index contributed by atoms with van der Waals surface area (Å²) in [6.07, 6.45) is 0. The summed E-state index contributed by atoms with van der Waals surface area (Å²) < 4.78 is 33.1. The Morgan fingerprint density at radius 3 is 2.44 bits per heavy atom. The first kappa shape index (κ1) is 23.0. The van der Waals surface area contributed by atoms with Crippen LogP contribution in [-0.2, 0) is 10.0 Å². The molecule has 0 unspecified atom stereocenters. The maximum absolute atomic E-state index is 12.8. The molecule has 0 amide bonds. The highest BCUT2D eigenvalue weighted by molar-refractivity contribution is 7.92. The molecule has 11 heteroatoms. The van der Waals surface area contributed by atoms with E-state index in [0.29, 0.717) is 22.0 Å². The van der Waals surface area contributed by atoms with Crippen molar-refractivity contribution < 1.29 is 18.1 Å². The lowest BCUT2D eigenvalue weighted by Crippen LogP contribution is -2.14. The molecule has 0 aromatic heterocycles. The highest BCUT2D eigenvalue weighted by Gasteiger charge is 2.22. The number of methoxy groups -OCH3 is 1. The lowest BCUT2D eigenvalue weighted by molar-refractivity contribution is -0.384. The summed E-state index contributed by atoms with van der Waals surface area (Å²) >= 11 is 6.14. The summed E-state index contributed by atoms with van der Waals surface area (Å²) in [6.45, 7) is 1.69. The number of nitro benzene ring substituents is 1. The summed E-state index contributed by atoms with van der Waals surface area (Å²) in [5, 5.41) is 16.2. The van der Waals surface area contributed by atoms with E-state index in [2.05, 4.69) is 15.2 Å². The predicted molar refractivity (Wildman–Crippen MR) is 124 cm³/mol. The number of nitro groups is 1. The van der Waals surface area contributed by atoms with Crippen LogP contribution in [0.3, 0.4) is 0 Å². The molecule has 0 saturated carbocycles. The molecule has 0 aliphatic carbocycles. The van der Waals surface area contributed by atoms with Gasteiger partial charge in [0.1, 0.15) is 11.4 Å². The smallest absolute Gasteiger partial charge is 0.295 e. The van der Waals surface area contributed by atoms with Crippen LogP contribution in [0.1, 0.15) is 12.5 Å². The maximum Gasteiger partial charge on any atom is 0.295 e. The molecule has 0 aliphatic rings. The number of rotatable bonds is 8. The lowest BCUT2D eigenvalue weighted by atomic mass is 10.1. The van der Waals surface area contributed by atoms with Crippen LogP contribution in [-0.4, -0.2) is 26.2 Å². The zero-order valence-corrected chi connectivity index (χ0v) is 18.6. The molecular weight excluding hydrogens is 456 g/mol. The quantitative estimate of drug-likeness (QED) is 0.272. The third-order valence-corrected chi connectivity index (χ3v) is 6.13. The van der Waals surface area contributed by atoms with Crippen LogP contribution in [0.15, 0.2) is 76.7 Å². The Morgan fingerprint density at radius 2 is 1.75 bits per heavy atom. The van der Waals surface area contributed by atoms with Gasteiger partial charge in [-0.15, -0.1) is 0 Å². The zero-order chi connectivity index (χ0) is 23.3. The van der Waals surface area contributed by atoms with Gasteiger partial charge in [-0.2, -0.15) is 5.10 Å². The van der Waals surface area contributed by atoms with Gasteiger partial charge in [-0.3, -0.25) is 20.3 Å². The minimum atomic E-state index is -4.11. The SMILES string of the molecule is COc1ccccc1NS(=O)(=O)c1ccc(N/N=C(\C)c2ccccc2Cl)c([N+](=O)[O-])c1. The molecule has 3 rings (SSSR count). The average molecular weight is 475 g/mol. The number of nitrogens with zero attached hydrogens (tertiary/aromatic N) is 2. The van der Waals surface area contributed by atoms with E-state index in [1.54, 1.807) is 49.4 Å². The Morgan fingerprint density at radius 1 is 1.06 bits per heavy atom. The number of halogens is 1. The Hall–Kier alpha value is -3.63.